The number of rotatable bonds is 8. The zero-order chi connectivity index (χ0) is 23.3. The number of hydrogen-bond acceptors (Lipinski definition) is 6. The van der Waals surface area contributed by atoms with Crippen LogP contribution in [0.1, 0.15) is 28.5 Å². The average molecular weight is 440 g/mol. The molecular formula is C22H24N4O6. The molecule has 0 aliphatic carbocycles. The monoisotopic (exact) mass is 440 g/mol. The molecule has 0 aliphatic rings. The van der Waals surface area contributed by atoms with E-state index in [-0.39, 0.29) is 41.9 Å². The van der Waals surface area contributed by atoms with Crippen molar-refractivity contribution in [1.82, 2.24) is 15.1 Å². The Kier molecular flexibility index (Phi) is 6.83. The number of carbonyl (C=O) groups excluding carboxylic acids is 1. The highest BCUT2D eigenvalue weighted by Crippen LogP contribution is 2.29. The Morgan fingerprint density at radius 1 is 1.16 bits per heavy atom. The van der Waals surface area contributed by atoms with Gasteiger partial charge in [-0.2, -0.15) is 0 Å². The van der Waals surface area contributed by atoms with E-state index >= 15 is 0 Å². The summed E-state index contributed by atoms with van der Waals surface area (Å²) in [6, 6.07) is 12.8. The minimum absolute atomic E-state index is 0.0231. The molecule has 0 aliphatic heterocycles. The highest BCUT2D eigenvalue weighted by Gasteiger charge is 2.23. The van der Waals surface area contributed by atoms with Crippen LogP contribution in [0.25, 0.3) is 0 Å². The smallest absolute Gasteiger partial charge is 0.404 e. The predicted molar refractivity (Wildman–Crippen MR) is 116 cm³/mol. The molecule has 5 N–H and O–H groups in total. The first-order valence-electron chi connectivity index (χ1n) is 9.81. The van der Waals surface area contributed by atoms with E-state index in [2.05, 4.69) is 15.7 Å². The lowest BCUT2D eigenvalue weighted by Crippen LogP contribution is -2.35. The highest BCUT2D eigenvalue weighted by atomic mass is 16.5. The first-order valence-corrected chi connectivity index (χ1v) is 9.81. The SMILES string of the molecule is Cc1c(OC[C@H](C)NC(=O)O)nn(Cc2ccccc2)c1C(=O)Nc1ccc(O)cc1O. The van der Waals surface area contributed by atoms with Crippen molar-refractivity contribution in [3.63, 3.8) is 0 Å². The van der Waals surface area contributed by atoms with E-state index in [1.807, 2.05) is 30.3 Å². The second-order valence-corrected chi connectivity index (χ2v) is 7.24. The molecule has 10 heteroatoms. The number of ether oxygens (including phenoxy) is 1. The third-order valence-electron chi connectivity index (χ3n) is 4.61. The van der Waals surface area contributed by atoms with Gasteiger partial charge in [0.25, 0.3) is 5.91 Å². The number of aromatic hydroxyl groups is 2. The molecule has 0 saturated heterocycles. The first kappa shape index (κ1) is 22.5. The summed E-state index contributed by atoms with van der Waals surface area (Å²) in [7, 11) is 0. The van der Waals surface area contributed by atoms with Crippen LogP contribution in [0, 0.1) is 6.92 Å². The van der Waals surface area contributed by atoms with Gasteiger partial charge in [0.2, 0.25) is 5.88 Å². The van der Waals surface area contributed by atoms with Gasteiger partial charge in [-0.25, -0.2) is 4.79 Å². The minimum Gasteiger partial charge on any atom is -0.508 e. The maximum Gasteiger partial charge on any atom is 0.404 e. The summed E-state index contributed by atoms with van der Waals surface area (Å²) >= 11 is 0. The number of amides is 2. The van der Waals surface area contributed by atoms with Gasteiger partial charge in [-0.05, 0) is 31.5 Å². The number of phenols is 2. The molecule has 10 nitrogen and oxygen atoms in total. The molecule has 1 heterocycles. The molecule has 0 spiro atoms. The Hall–Kier alpha value is -4.21. The van der Waals surface area contributed by atoms with Crippen molar-refractivity contribution in [2.45, 2.75) is 26.4 Å². The molecule has 1 atom stereocenters. The zero-order valence-corrected chi connectivity index (χ0v) is 17.6. The maximum atomic E-state index is 13.1. The van der Waals surface area contributed by atoms with Gasteiger partial charge in [-0.1, -0.05) is 30.3 Å². The van der Waals surface area contributed by atoms with Crippen LogP contribution in [0.3, 0.4) is 0 Å². The molecule has 0 bridgehead atoms. The van der Waals surface area contributed by atoms with Gasteiger partial charge in [0.1, 0.15) is 23.8 Å². The number of phenolic OH excluding ortho intramolecular Hbond substituents is 2. The average Bonchev–Trinajstić information content (AvgIpc) is 3.03. The van der Waals surface area contributed by atoms with E-state index in [1.54, 1.807) is 13.8 Å². The van der Waals surface area contributed by atoms with E-state index in [9.17, 15) is 19.8 Å². The van der Waals surface area contributed by atoms with E-state index < -0.39 is 18.0 Å². The first-order chi connectivity index (χ1) is 15.2. The van der Waals surface area contributed by atoms with Gasteiger partial charge in [0, 0.05) is 11.6 Å². The summed E-state index contributed by atoms with van der Waals surface area (Å²) in [6.07, 6.45) is -1.17. The quantitative estimate of drug-likeness (QED) is 0.267. The number of nitrogens with one attached hydrogen (secondary N) is 2. The Labute approximate surface area is 184 Å². The summed E-state index contributed by atoms with van der Waals surface area (Å²) in [5.41, 5.74) is 1.71. The molecule has 3 rings (SSSR count). The Morgan fingerprint density at radius 3 is 2.53 bits per heavy atom. The van der Waals surface area contributed by atoms with Crippen LogP contribution in [-0.2, 0) is 6.54 Å². The van der Waals surface area contributed by atoms with Crippen LogP contribution in [0.15, 0.2) is 48.5 Å². The third-order valence-corrected chi connectivity index (χ3v) is 4.61. The fourth-order valence-electron chi connectivity index (χ4n) is 3.09. The zero-order valence-electron chi connectivity index (χ0n) is 17.6. The lowest BCUT2D eigenvalue weighted by atomic mass is 10.2. The summed E-state index contributed by atoms with van der Waals surface area (Å²) in [6.45, 7) is 3.63. The fourth-order valence-corrected chi connectivity index (χ4v) is 3.09. The molecule has 0 unspecified atom stereocenters. The second-order valence-electron chi connectivity index (χ2n) is 7.24. The number of benzene rings is 2. The molecule has 0 radical (unpaired) electrons. The van der Waals surface area contributed by atoms with Crippen molar-refractivity contribution in [1.29, 1.82) is 0 Å². The van der Waals surface area contributed by atoms with Crippen LogP contribution in [0.2, 0.25) is 0 Å². The van der Waals surface area contributed by atoms with Gasteiger partial charge in [0.15, 0.2) is 0 Å². The van der Waals surface area contributed by atoms with Gasteiger partial charge in [0.05, 0.1) is 18.3 Å². The number of hydrogen-bond donors (Lipinski definition) is 5. The molecule has 2 amide bonds. The molecular weight excluding hydrogens is 416 g/mol. The van der Waals surface area contributed by atoms with Crippen LogP contribution < -0.4 is 15.4 Å². The molecule has 168 valence electrons. The Balaban J connectivity index is 1.89. The van der Waals surface area contributed by atoms with Crippen molar-refractivity contribution in [2.24, 2.45) is 0 Å². The van der Waals surface area contributed by atoms with Crippen molar-refractivity contribution >= 4 is 17.7 Å². The lowest BCUT2D eigenvalue weighted by molar-refractivity contribution is 0.101. The molecule has 0 fully saturated rings. The lowest BCUT2D eigenvalue weighted by Gasteiger charge is -2.11. The number of carboxylic acid groups (broad SMARTS) is 1. The van der Waals surface area contributed by atoms with Crippen LogP contribution in [0.4, 0.5) is 10.5 Å². The van der Waals surface area contributed by atoms with E-state index in [0.29, 0.717) is 5.56 Å². The van der Waals surface area contributed by atoms with Crippen molar-refractivity contribution in [2.75, 3.05) is 11.9 Å². The largest absolute Gasteiger partial charge is 0.508 e. The summed E-state index contributed by atoms with van der Waals surface area (Å²) in [5.74, 6) is -0.751. The Morgan fingerprint density at radius 2 is 1.88 bits per heavy atom. The maximum absolute atomic E-state index is 13.1. The second kappa shape index (κ2) is 9.73. The Bertz CT molecular complexity index is 1110. The molecule has 1 aromatic heterocycles. The normalized spacial score (nSPS) is 11.6. The molecule has 3 aromatic rings. The van der Waals surface area contributed by atoms with E-state index in [1.165, 1.54) is 16.8 Å². The summed E-state index contributed by atoms with van der Waals surface area (Å²) in [4.78, 5) is 23.9. The standard InChI is InChI=1S/C22H24N4O6/c1-13(23-22(30)31)12-32-21-14(2)19(26(25-21)11-15-6-4-3-5-7-15)20(29)24-17-9-8-16(27)10-18(17)28/h3-10,13,23,27-28H,11-12H2,1-2H3,(H,24,29)(H,30,31)/t13-/m0/s1. The summed E-state index contributed by atoms with van der Waals surface area (Å²) < 4.78 is 7.17. The predicted octanol–water partition coefficient (Wildman–Crippen LogP) is 2.94. The van der Waals surface area contributed by atoms with Crippen LogP contribution in [0.5, 0.6) is 17.4 Å². The van der Waals surface area contributed by atoms with Gasteiger partial charge in [-0.3, -0.25) is 9.48 Å². The van der Waals surface area contributed by atoms with Crippen LogP contribution >= 0.6 is 0 Å². The molecule has 32 heavy (non-hydrogen) atoms. The number of carbonyl (C=O) groups is 2. The molecule has 2 aromatic carbocycles. The van der Waals surface area contributed by atoms with Gasteiger partial charge in [-0.15, -0.1) is 5.10 Å². The third kappa shape index (κ3) is 5.48. The molecule has 0 saturated carbocycles. The highest BCUT2D eigenvalue weighted by molar-refractivity contribution is 6.05. The van der Waals surface area contributed by atoms with Crippen molar-refractivity contribution in [3.8, 4) is 17.4 Å². The van der Waals surface area contributed by atoms with Crippen LogP contribution in [-0.4, -0.2) is 49.7 Å². The number of nitrogens with zero attached hydrogens (tertiary/aromatic N) is 2. The summed E-state index contributed by atoms with van der Waals surface area (Å²) in [5, 5.41) is 37.6. The van der Waals surface area contributed by atoms with Gasteiger partial charge >= 0.3 is 6.09 Å². The minimum atomic E-state index is -1.17. The number of aromatic nitrogens is 2. The van der Waals surface area contributed by atoms with E-state index in [0.717, 1.165) is 11.6 Å². The van der Waals surface area contributed by atoms with Crippen molar-refractivity contribution < 1.29 is 29.6 Å². The van der Waals surface area contributed by atoms with E-state index in [4.69, 9.17) is 9.84 Å². The topological polar surface area (TPSA) is 146 Å². The van der Waals surface area contributed by atoms with Crippen molar-refractivity contribution in [3.05, 3.63) is 65.4 Å². The number of anilines is 1. The fraction of sp³-hybridized carbons (Fsp3) is 0.227. The van der Waals surface area contributed by atoms with Gasteiger partial charge < -0.3 is 30.7 Å².